The Morgan fingerprint density at radius 1 is 1.00 bits per heavy atom. The molecular formula is C20H13NOS. The van der Waals surface area contributed by atoms with Gasteiger partial charge in [-0.05, 0) is 48.7 Å². The van der Waals surface area contributed by atoms with E-state index in [9.17, 15) is 0 Å². The highest BCUT2D eigenvalue weighted by molar-refractivity contribution is 7.20. The first kappa shape index (κ1) is 12.9. The highest BCUT2D eigenvalue weighted by atomic mass is 32.1. The number of aromatic nitrogens is 1. The largest absolute Gasteiger partial charge is 0.455 e. The van der Waals surface area contributed by atoms with E-state index in [0.29, 0.717) is 0 Å². The molecular weight excluding hydrogens is 302 g/mol. The van der Waals surface area contributed by atoms with E-state index < -0.39 is 0 Å². The van der Waals surface area contributed by atoms with Crippen molar-refractivity contribution in [2.75, 3.05) is 0 Å². The number of para-hydroxylation sites is 1. The summed E-state index contributed by atoms with van der Waals surface area (Å²) < 4.78 is 7.52. The van der Waals surface area contributed by atoms with Crippen LogP contribution in [-0.2, 0) is 0 Å². The Balaban J connectivity index is 1.96. The summed E-state index contributed by atoms with van der Waals surface area (Å²) >= 11 is 1.83. The first-order chi connectivity index (χ1) is 11.3. The lowest BCUT2D eigenvalue weighted by Gasteiger charge is -2.00. The van der Waals surface area contributed by atoms with Crippen LogP contribution in [0.1, 0.15) is 4.88 Å². The summed E-state index contributed by atoms with van der Waals surface area (Å²) in [6, 6.07) is 18.7. The third kappa shape index (κ3) is 1.83. The molecule has 0 amide bonds. The molecule has 3 heterocycles. The highest BCUT2D eigenvalue weighted by Crippen LogP contribution is 2.41. The van der Waals surface area contributed by atoms with Gasteiger partial charge in [-0.3, -0.25) is 4.98 Å². The SMILES string of the molecule is Cc1cc2ccc3oc4c(-c5ccccn5)cccc4c3c2s1. The fourth-order valence-corrected chi connectivity index (χ4v) is 4.30. The summed E-state index contributed by atoms with van der Waals surface area (Å²) in [5, 5.41) is 3.66. The van der Waals surface area contributed by atoms with Crippen molar-refractivity contribution in [1.82, 2.24) is 4.98 Å². The first-order valence-corrected chi connectivity index (χ1v) is 8.39. The third-order valence-electron chi connectivity index (χ3n) is 4.21. The van der Waals surface area contributed by atoms with Crippen LogP contribution in [0.25, 0.3) is 43.3 Å². The lowest BCUT2D eigenvalue weighted by atomic mass is 10.1. The van der Waals surface area contributed by atoms with Gasteiger partial charge in [-0.1, -0.05) is 18.2 Å². The number of thiophene rings is 1. The highest BCUT2D eigenvalue weighted by Gasteiger charge is 2.15. The molecule has 0 saturated heterocycles. The molecule has 2 nitrogen and oxygen atoms in total. The van der Waals surface area contributed by atoms with Crippen molar-refractivity contribution in [3.63, 3.8) is 0 Å². The first-order valence-electron chi connectivity index (χ1n) is 7.57. The van der Waals surface area contributed by atoms with E-state index in [-0.39, 0.29) is 0 Å². The number of nitrogens with zero attached hydrogens (tertiary/aromatic N) is 1. The van der Waals surface area contributed by atoms with Gasteiger partial charge >= 0.3 is 0 Å². The van der Waals surface area contributed by atoms with E-state index in [1.807, 2.05) is 35.7 Å². The number of hydrogen-bond donors (Lipinski definition) is 0. The second-order valence-electron chi connectivity index (χ2n) is 5.71. The second kappa shape index (κ2) is 4.67. The summed E-state index contributed by atoms with van der Waals surface area (Å²) in [7, 11) is 0. The molecule has 0 aliphatic heterocycles. The van der Waals surface area contributed by atoms with Gasteiger partial charge in [0.15, 0.2) is 0 Å². The number of fused-ring (bicyclic) bond motifs is 5. The molecule has 110 valence electrons. The van der Waals surface area contributed by atoms with Crippen molar-refractivity contribution in [3.8, 4) is 11.3 Å². The van der Waals surface area contributed by atoms with Crippen LogP contribution in [0, 0.1) is 6.92 Å². The van der Waals surface area contributed by atoms with E-state index in [1.54, 1.807) is 0 Å². The van der Waals surface area contributed by atoms with Gasteiger partial charge in [0.2, 0.25) is 0 Å². The quantitative estimate of drug-likeness (QED) is 0.369. The zero-order valence-electron chi connectivity index (χ0n) is 12.5. The average Bonchev–Trinajstić information content (AvgIpc) is 3.14. The van der Waals surface area contributed by atoms with E-state index in [2.05, 4.69) is 48.3 Å². The molecule has 0 fully saturated rings. The molecule has 2 aromatic carbocycles. The third-order valence-corrected chi connectivity index (χ3v) is 5.29. The molecule has 0 radical (unpaired) electrons. The normalized spacial score (nSPS) is 11.7. The van der Waals surface area contributed by atoms with Gasteiger partial charge in [0.05, 0.1) is 5.69 Å². The molecule has 0 aliphatic carbocycles. The Bertz CT molecular complexity index is 1170. The molecule has 0 saturated carbocycles. The van der Waals surface area contributed by atoms with Gasteiger partial charge in [0, 0.05) is 32.1 Å². The second-order valence-corrected chi connectivity index (χ2v) is 6.97. The van der Waals surface area contributed by atoms with Gasteiger partial charge in [0.1, 0.15) is 11.2 Å². The van der Waals surface area contributed by atoms with Crippen LogP contribution in [0.4, 0.5) is 0 Å². The number of rotatable bonds is 1. The maximum Gasteiger partial charge on any atom is 0.144 e. The number of aryl methyl sites for hydroxylation is 1. The van der Waals surface area contributed by atoms with Gasteiger partial charge in [0.25, 0.3) is 0 Å². The summed E-state index contributed by atoms with van der Waals surface area (Å²) in [5.41, 5.74) is 3.84. The Morgan fingerprint density at radius 3 is 2.83 bits per heavy atom. The maximum absolute atomic E-state index is 6.22. The van der Waals surface area contributed by atoms with Gasteiger partial charge in [-0.15, -0.1) is 11.3 Å². The zero-order chi connectivity index (χ0) is 15.4. The molecule has 5 aromatic rings. The van der Waals surface area contributed by atoms with Gasteiger partial charge < -0.3 is 4.42 Å². The fourth-order valence-electron chi connectivity index (χ4n) is 3.23. The van der Waals surface area contributed by atoms with Crippen LogP contribution >= 0.6 is 11.3 Å². The van der Waals surface area contributed by atoms with Crippen molar-refractivity contribution in [2.24, 2.45) is 0 Å². The molecule has 0 atom stereocenters. The fraction of sp³-hybridized carbons (Fsp3) is 0.0500. The smallest absolute Gasteiger partial charge is 0.144 e. The minimum absolute atomic E-state index is 0.916. The zero-order valence-corrected chi connectivity index (χ0v) is 13.4. The number of benzene rings is 2. The van der Waals surface area contributed by atoms with Crippen molar-refractivity contribution in [3.05, 3.63) is 65.7 Å². The van der Waals surface area contributed by atoms with Crippen molar-refractivity contribution in [2.45, 2.75) is 6.92 Å². The van der Waals surface area contributed by atoms with Crippen LogP contribution < -0.4 is 0 Å². The van der Waals surface area contributed by atoms with Crippen molar-refractivity contribution < 1.29 is 4.42 Å². The summed E-state index contributed by atoms with van der Waals surface area (Å²) in [5.74, 6) is 0. The number of hydrogen-bond acceptors (Lipinski definition) is 3. The maximum atomic E-state index is 6.22. The van der Waals surface area contributed by atoms with Crippen LogP contribution in [0.3, 0.4) is 0 Å². The average molecular weight is 315 g/mol. The molecule has 0 unspecified atom stereocenters. The predicted octanol–water partition coefficient (Wildman–Crippen LogP) is 6.17. The van der Waals surface area contributed by atoms with Crippen LogP contribution in [-0.4, -0.2) is 4.98 Å². The van der Waals surface area contributed by atoms with Crippen LogP contribution in [0.2, 0.25) is 0 Å². The topological polar surface area (TPSA) is 26.0 Å². The molecule has 23 heavy (non-hydrogen) atoms. The minimum atomic E-state index is 0.916. The molecule has 0 spiro atoms. The van der Waals surface area contributed by atoms with Crippen molar-refractivity contribution >= 4 is 43.4 Å². The minimum Gasteiger partial charge on any atom is -0.455 e. The van der Waals surface area contributed by atoms with Crippen molar-refractivity contribution in [1.29, 1.82) is 0 Å². The lowest BCUT2D eigenvalue weighted by Crippen LogP contribution is -1.81. The van der Waals surface area contributed by atoms with Crippen LogP contribution in [0.15, 0.2) is 65.2 Å². The Labute approximate surface area is 137 Å². The molecule has 3 aromatic heterocycles. The van der Waals surface area contributed by atoms with Gasteiger partial charge in [-0.25, -0.2) is 0 Å². The standard InChI is InChI=1S/C20H13NOS/c1-12-11-13-8-9-17-18(20(13)23-12)15-6-4-5-14(19(15)22-17)16-7-2-3-10-21-16/h2-11H,1H3. The van der Waals surface area contributed by atoms with E-state index in [1.165, 1.54) is 20.3 Å². The van der Waals surface area contributed by atoms with Crippen LogP contribution in [0.5, 0.6) is 0 Å². The summed E-state index contributed by atoms with van der Waals surface area (Å²) in [4.78, 5) is 5.80. The lowest BCUT2D eigenvalue weighted by molar-refractivity contribution is 0.670. The molecule has 5 rings (SSSR count). The number of pyridine rings is 1. The Kier molecular flexibility index (Phi) is 2.61. The number of furan rings is 1. The molecule has 0 N–H and O–H groups in total. The summed E-state index contributed by atoms with van der Waals surface area (Å²) in [6.45, 7) is 2.15. The molecule has 0 aliphatic rings. The van der Waals surface area contributed by atoms with E-state index in [0.717, 1.165) is 27.8 Å². The monoisotopic (exact) mass is 315 g/mol. The van der Waals surface area contributed by atoms with E-state index in [4.69, 9.17) is 4.42 Å². The molecule has 3 heteroatoms. The Hall–Kier alpha value is -2.65. The Morgan fingerprint density at radius 2 is 1.96 bits per heavy atom. The molecule has 0 bridgehead atoms. The predicted molar refractivity (Wildman–Crippen MR) is 97.1 cm³/mol. The van der Waals surface area contributed by atoms with E-state index >= 15 is 0 Å². The summed E-state index contributed by atoms with van der Waals surface area (Å²) in [6.07, 6.45) is 1.82. The van der Waals surface area contributed by atoms with Gasteiger partial charge in [-0.2, -0.15) is 0 Å².